The van der Waals surface area contributed by atoms with E-state index in [4.69, 9.17) is 0 Å². The van der Waals surface area contributed by atoms with Gasteiger partial charge in [0.15, 0.2) is 0 Å². The highest BCUT2D eigenvalue weighted by atomic mass is 19.3. The summed E-state index contributed by atoms with van der Waals surface area (Å²) >= 11 is 0. The fourth-order valence-electron chi connectivity index (χ4n) is 4.80. The van der Waals surface area contributed by atoms with E-state index in [1.54, 1.807) is 4.57 Å². The van der Waals surface area contributed by atoms with Crippen molar-refractivity contribution in [3.05, 3.63) is 52.6 Å². The third-order valence-electron chi connectivity index (χ3n) is 6.30. The van der Waals surface area contributed by atoms with Gasteiger partial charge in [0.05, 0.1) is 5.56 Å². The van der Waals surface area contributed by atoms with E-state index in [1.165, 1.54) is 38.2 Å². The minimum atomic E-state index is -3.12. The van der Waals surface area contributed by atoms with Crippen LogP contribution in [0.5, 0.6) is 0 Å². The van der Waals surface area contributed by atoms with E-state index in [1.807, 2.05) is 0 Å². The van der Waals surface area contributed by atoms with Gasteiger partial charge in [0.2, 0.25) is 5.91 Å². The number of likely N-dealkylation sites (N-methyl/N-ethyl adjacent to an activating group) is 1. The van der Waals surface area contributed by atoms with E-state index in [2.05, 4.69) is 16.0 Å². The average Bonchev–Trinajstić information content (AvgIpc) is 3.32. The van der Waals surface area contributed by atoms with Crippen LogP contribution < -0.4 is 16.0 Å². The van der Waals surface area contributed by atoms with Crippen LogP contribution in [0.3, 0.4) is 0 Å². The summed E-state index contributed by atoms with van der Waals surface area (Å²) in [6, 6.07) is 5.16. The number of alkyl halides is 2. The van der Waals surface area contributed by atoms with Gasteiger partial charge in [-0.2, -0.15) is 0 Å². The summed E-state index contributed by atoms with van der Waals surface area (Å²) in [5.74, 6) is -7.11. The van der Waals surface area contributed by atoms with Gasteiger partial charge in [0, 0.05) is 37.8 Å². The Morgan fingerprint density at radius 3 is 2.29 bits per heavy atom. The Kier molecular flexibility index (Phi) is 5.74. The third-order valence-corrected chi connectivity index (χ3v) is 6.30. The van der Waals surface area contributed by atoms with E-state index in [0.29, 0.717) is 30.8 Å². The van der Waals surface area contributed by atoms with Crippen molar-refractivity contribution in [2.75, 3.05) is 12.4 Å². The lowest BCUT2D eigenvalue weighted by Crippen LogP contribution is -2.69. The molecule has 1 aromatic heterocycles. The molecule has 0 unspecified atom stereocenters. The quantitative estimate of drug-likeness (QED) is 0.439. The summed E-state index contributed by atoms with van der Waals surface area (Å²) in [5, 5.41) is 7.11. The number of ketones is 1. The minimum absolute atomic E-state index is 0.0254. The van der Waals surface area contributed by atoms with Gasteiger partial charge in [-0.25, -0.2) is 13.2 Å². The average molecular weight is 476 g/mol. The van der Waals surface area contributed by atoms with Crippen LogP contribution in [-0.2, 0) is 22.6 Å². The SMILES string of the molecule is CNC(=O)C1(NC(=O)C(=O)c2c(C)c(C(=O)Nc3ccc(F)cc3)n3c2CCC3)CC(F)(F)C1. The molecule has 1 aliphatic heterocycles. The Morgan fingerprint density at radius 1 is 1.06 bits per heavy atom. The normalized spacial score (nSPS) is 17.3. The number of anilines is 1. The van der Waals surface area contributed by atoms with Crippen LogP contribution in [0.1, 0.15) is 51.4 Å². The molecule has 2 aromatic rings. The van der Waals surface area contributed by atoms with Gasteiger partial charge in [-0.05, 0) is 49.6 Å². The predicted octanol–water partition coefficient (Wildman–Crippen LogP) is 2.35. The van der Waals surface area contributed by atoms with Crippen molar-refractivity contribution in [1.82, 2.24) is 15.2 Å². The first kappa shape index (κ1) is 23.5. The van der Waals surface area contributed by atoms with Gasteiger partial charge in [-0.1, -0.05) is 0 Å². The molecular formula is C23H23F3N4O4. The van der Waals surface area contributed by atoms with Crippen LogP contribution in [0, 0.1) is 12.7 Å². The number of rotatable bonds is 6. The molecule has 1 saturated carbocycles. The second kappa shape index (κ2) is 8.30. The van der Waals surface area contributed by atoms with Gasteiger partial charge < -0.3 is 20.5 Å². The lowest BCUT2D eigenvalue weighted by Gasteiger charge is -2.45. The zero-order valence-electron chi connectivity index (χ0n) is 18.6. The molecule has 0 radical (unpaired) electrons. The first-order chi connectivity index (χ1) is 16.0. The number of carbonyl (C=O) groups excluding carboxylic acids is 4. The molecule has 0 bridgehead atoms. The number of aromatic nitrogens is 1. The summed E-state index contributed by atoms with van der Waals surface area (Å²) in [5.41, 5.74) is -0.549. The maximum Gasteiger partial charge on any atom is 0.293 e. The van der Waals surface area contributed by atoms with Crippen molar-refractivity contribution in [1.29, 1.82) is 0 Å². The van der Waals surface area contributed by atoms with Gasteiger partial charge in [0.25, 0.3) is 23.5 Å². The molecule has 11 heteroatoms. The van der Waals surface area contributed by atoms with E-state index in [0.717, 1.165) is 0 Å². The molecule has 0 atom stereocenters. The Bertz CT molecular complexity index is 1200. The Labute approximate surface area is 192 Å². The maximum atomic E-state index is 13.6. The molecule has 4 rings (SSSR count). The molecule has 3 N–H and O–H groups in total. The molecule has 3 amide bonds. The third kappa shape index (κ3) is 3.95. The number of Topliss-reactive ketones (excluding diaryl/α,β-unsaturated/α-hetero) is 1. The summed E-state index contributed by atoms with van der Waals surface area (Å²) in [7, 11) is 1.26. The first-order valence-corrected chi connectivity index (χ1v) is 10.7. The Balaban J connectivity index is 1.61. The molecule has 2 aliphatic rings. The van der Waals surface area contributed by atoms with Crippen molar-refractivity contribution in [2.24, 2.45) is 0 Å². The van der Waals surface area contributed by atoms with Crippen molar-refractivity contribution in [3.8, 4) is 0 Å². The van der Waals surface area contributed by atoms with Crippen molar-refractivity contribution in [3.63, 3.8) is 0 Å². The molecule has 34 heavy (non-hydrogen) atoms. The Morgan fingerprint density at radius 2 is 1.71 bits per heavy atom. The largest absolute Gasteiger partial charge is 0.357 e. The minimum Gasteiger partial charge on any atom is -0.357 e. The standard InChI is InChI=1S/C23H23F3N4O4/c1-12-16(18(31)20(33)29-22(21(34)27-2)10-23(25,26)11-22)15-4-3-9-30(15)17(12)19(32)28-14-7-5-13(24)6-8-14/h5-8H,3-4,9-11H2,1-2H3,(H,27,34)(H,28,32)(H,29,33). The highest BCUT2D eigenvalue weighted by molar-refractivity contribution is 6.44. The fourth-order valence-corrected chi connectivity index (χ4v) is 4.80. The fraction of sp³-hybridized carbons (Fsp3) is 0.391. The van der Waals surface area contributed by atoms with E-state index in [9.17, 15) is 32.3 Å². The summed E-state index contributed by atoms with van der Waals surface area (Å²) in [6.07, 6.45) is -0.728. The molecule has 180 valence electrons. The topological polar surface area (TPSA) is 109 Å². The van der Waals surface area contributed by atoms with Crippen molar-refractivity contribution < 1.29 is 32.3 Å². The second-order valence-electron chi connectivity index (χ2n) is 8.67. The summed E-state index contributed by atoms with van der Waals surface area (Å²) in [6.45, 7) is 1.98. The number of amides is 3. The predicted molar refractivity (Wildman–Crippen MR) is 115 cm³/mol. The van der Waals surface area contributed by atoms with E-state index < -0.39 is 53.6 Å². The lowest BCUT2D eigenvalue weighted by molar-refractivity contribution is -0.164. The number of carbonyl (C=O) groups is 4. The van der Waals surface area contributed by atoms with E-state index in [-0.39, 0.29) is 16.8 Å². The van der Waals surface area contributed by atoms with Crippen LogP contribution in [0.15, 0.2) is 24.3 Å². The van der Waals surface area contributed by atoms with Gasteiger partial charge in [-0.3, -0.25) is 19.2 Å². The number of hydrogen-bond acceptors (Lipinski definition) is 4. The van der Waals surface area contributed by atoms with Crippen LogP contribution in [-0.4, -0.2) is 46.6 Å². The molecule has 1 aliphatic carbocycles. The zero-order valence-corrected chi connectivity index (χ0v) is 18.6. The highest BCUT2D eigenvalue weighted by Gasteiger charge is 2.62. The summed E-state index contributed by atoms with van der Waals surface area (Å²) in [4.78, 5) is 51.1. The monoisotopic (exact) mass is 476 g/mol. The smallest absolute Gasteiger partial charge is 0.293 e. The number of nitrogens with zero attached hydrogens (tertiary/aromatic N) is 1. The molecule has 1 fully saturated rings. The van der Waals surface area contributed by atoms with E-state index >= 15 is 0 Å². The molecule has 1 aromatic carbocycles. The molecule has 2 heterocycles. The van der Waals surface area contributed by atoms with Crippen LogP contribution in [0.2, 0.25) is 0 Å². The second-order valence-corrected chi connectivity index (χ2v) is 8.67. The van der Waals surface area contributed by atoms with Gasteiger partial charge in [0.1, 0.15) is 17.1 Å². The van der Waals surface area contributed by atoms with Crippen LogP contribution >= 0.6 is 0 Å². The maximum absolute atomic E-state index is 13.6. The van der Waals surface area contributed by atoms with Gasteiger partial charge >= 0.3 is 0 Å². The van der Waals surface area contributed by atoms with Crippen LogP contribution in [0.25, 0.3) is 0 Å². The molecule has 0 spiro atoms. The number of halogens is 3. The highest BCUT2D eigenvalue weighted by Crippen LogP contribution is 2.45. The van der Waals surface area contributed by atoms with Crippen LogP contribution in [0.4, 0.5) is 18.9 Å². The number of fused-ring (bicyclic) bond motifs is 1. The summed E-state index contributed by atoms with van der Waals surface area (Å²) < 4.78 is 41.9. The number of benzene rings is 1. The van der Waals surface area contributed by atoms with Crippen molar-refractivity contribution in [2.45, 2.75) is 50.6 Å². The number of hydrogen-bond donors (Lipinski definition) is 3. The van der Waals surface area contributed by atoms with Gasteiger partial charge in [-0.15, -0.1) is 0 Å². The zero-order chi connectivity index (χ0) is 24.8. The Hall–Kier alpha value is -3.63. The first-order valence-electron chi connectivity index (χ1n) is 10.7. The molecule has 8 nitrogen and oxygen atoms in total. The van der Waals surface area contributed by atoms with Crippen molar-refractivity contribution >= 4 is 29.2 Å². The molecule has 0 saturated heterocycles. The number of nitrogens with one attached hydrogen (secondary N) is 3. The molecular weight excluding hydrogens is 453 g/mol. The lowest BCUT2D eigenvalue weighted by atomic mass is 9.72.